The minimum absolute atomic E-state index is 0.731. The molecule has 244 valence electrons. The molecule has 8 rings (SSSR count). The van der Waals surface area contributed by atoms with Crippen LogP contribution in [0.4, 0.5) is 22.7 Å². The summed E-state index contributed by atoms with van der Waals surface area (Å²) in [6.45, 7) is 0. The van der Waals surface area contributed by atoms with Crippen molar-refractivity contribution in [3.05, 3.63) is 188 Å². The molecule has 0 radical (unpaired) electrons. The minimum atomic E-state index is 0.731. The van der Waals surface area contributed by atoms with Crippen molar-refractivity contribution in [3.63, 3.8) is 0 Å². The van der Waals surface area contributed by atoms with Gasteiger partial charge in [-0.25, -0.2) is 0 Å². The normalized spacial score (nSPS) is 11.9. The van der Waals surface area contributed by atoms with E-state index >= 15 is 0 Å². The standard InChI is InChI=1S/C45H34N4O2/c1-47-26-27-48(33-47)39-18-10-22-43(31-39)51-42-21-9-13-36(29-42)45-30-35(24-25-46-45)34-12-8-20-41(28-34)50-44-23-11-19-40(32-44)49(37-14-4-2-5-15-37)38-16-6-3-7-17-38/h2-32H,1H3/q+2. The topological polar surface area (TPSA) is 40.6 Å². The molecule has 0 saturated carbocycles. The average molecular weight is 663 g/mol. The molecule has 2 heterocycles. The van der Waals surface area contributed by atoms with Crippen molar-refractivity contribution < 1.29 is 18.6 Å². The van der Waals surface area contributed by atoms with Gasteiger partial charge in [0.15, 0.2) is 7.05 Å². The van der Waals surface area contributed by atoms with Crippen LogP contribution in [-0.4, -0.2) is 27.2 Å². The Morgan fingerprint density at radius 2 is 1.04 bits per heavy atom. The van der Waals surface area contributed by atoms with Crippen LogP contribution >= 0.6 is 0 Å². The molecule has 1 aliphatic heterocycles. The van der Waals surface area contributed by atoms with E-state index in [-0.39, 0.29) is 0 Å². The molecule has 6 heteroatoms. The van der Waals surface area contributed by atoms with Gasteiger partial charge in [-0.05, 0) is 90.0 Å². The lowest BCUT2D eigenvalue weighted by Gasteiger charge is -2.25. The fourth-order valence-electron chi connectivity index (χ4n) is 6.03. The zero-order valence-electron chi connectivity index (χ0n) is 28.0. The van der Waals surface area contributed by atoms with Gasteiger partial charge in [0.2, 0.25) is 11.9 Å². The van der Waals surface area contributed by atoms with Crippen LogP contribution in [0.25, 0.3) is 22.4 Å². The average Bonchev–Trinajstić information content (AvgIpc) is 3.63. The highest BCUT2D eigenvalue weighted by molar-refractivity contribution is 5.77. The first-order valence-electron chi connectivity index (χ1n) is 16.7. The number of ether oxygens (including phenoxy) is 2. The van der Waals surface area contributed by atoms with Crippen molar-refractivity contribution in [2.45, 2.75) is 0 Å². The van der Waals surface area contributed by atoms with Gasteiger partial charge in [0.1, 0.15) is 23.0 Å². The maximum absolute atomic E-state index is 6.46. The van der Waals surface area contributed by atoms with Gasteiger partial charge < -0.3 is 14.4 Å². The highest BCUT2D eigenvalue weighted by atomic mass is 16.5. The first-order chi connectivity index (χ1) is 25.1. The second-order valence-electron chi connectivity index (χ2n) is 12.1. The Morgan fingerprint density at radius 3 is 1.71 bits per heavy atom. The Morgan fingerprint density at radius 1 is 0.490 bits per heavy atom. The highest BCUT2D eigenvalue weighted by Crippen LogP contribution is 2.37. The van der Waals surface area contributed by atoms with Gasteiger partial charge in [-0.2, -0.15) is 0 Å². The largest absolute Gasteiger partial charge is 0.495 e. The Kier molecular flexibility index (Phi) is 8.72. The first kappa shape index (κ1) is 31.3. The third-order valence-electron chi connectivity index (χ3n) is 8.43. The molecule has 1 aliphatic rings. The summed E-state index contributed by atoms with van der Waals surface area (Å²) >= 11 is 0. The summed E-state index contributed by atoms with van der Waals surface area (Å²) < 4.78 is 16.6. The van der Waals surface area contributed by atoms with Crippen LogP contribution in [0.2, 0.25) is 0 Å². The van der Waals surface area contributed by atoms with Crippen molar-refractivity contribution >= 4 is 28.8 Å². The van der Waals surface area contributed by atoms with Crippen LogP contribution in [0.3, 0.4) is 0 Å². The quantitative estimate of drug-likeness (QED) is 0.137. The SMILES string of the molecule is C[N+]1=C=[N+](c2cccc(Oc3cccc(-c4cc(-c5cccc(Oc6cccc(N(c7ccccc7)c7ccccc7)c6)c5)ccn4)c3)c2)C=C1. The van der Waals surface area contributed by atoms with E-state index in [0.29, 0.717) is 0 Å². The van der Waals surface area contributed by atoms with E-state index in [0.717, 1.165) is 68.1 Å². The number of rotatable bonds is 10. The monoisotopic (exact) mass is 662 g/mol. The molecular weight excluding hydrogens is 629 g/mol. The summed E-state index contributed by atoms with van der Waals surface area (Å²) in [7, 11) is 1.95. The molecule has 0 bridgehead atoms. The highest BCUT2D eigenvalue weighted by Gasteiger charge is 2.17. The lowest BCUT2D eigenvalue weighted by atomic mass is 10.0. The molecule has 0 unspecified atom stereocenters. The number of anilines is 3. The number of benzene rings is 6. The van der Waals surface area contributed by atoms with Gasteiger partial charge in [-0.1, -0.05) is 81.9 Å². The summed E-state index contributed by atoms with van der Waals surface area (Å²) in [6.07, 6.45) is 5.76. The number of hydrogen-bond donors (Lipinski definition) is 0. The lowest BCUT2D eigenvalue weighted by molar-refractivity contribution is -0.429. The van der Waals surface area contributed by atoms with E-state index < -0.39 is 0 Å². The molecule has 0 saturated heterocycles. The Balaban J connectivity index is 1.02. The van der Waals surface area contributed by atoms with Gasteiger partial charge >= 0.3 is 6.01 Å². The second kappa shape index (κ2) is 14.2. The van der Waals surface area contributed by atoms with Crippen molar-refractivity contribution in [1.29, 1.82) is 0 Å². The maximum Gasteiger partial charge on any atom is 0.495 e. The number of pyridine rings is 1. The van der Waals surface area contributed by atoms with E-state index in [4.69, 9.17) is 14.5 Å². The molecular formula is C45H34N4O2+2. The Labute approximate surface area is 297 Å². The molecule has 6 nitrogen and oxygen atoms in total. The summed E-state index contributed by atoms with van der Waals surface area (Å²) in [5.41, 5.74) is 8.00. The van der Waals surface area contributed by atoms with Crippen LogP contribution in [0.5, 0.6) is 23.0 Å². The third kappa shape index (κ3) is 7.22. The molecule has 51 heavy (non-hydrogen) atoms. The Hall–Kier alpha value is -7.01. The van der Waals surface area contributed by atoms with Gasteiger partial charge in [0, 0.05) is 41.0 Å². The maximum atomic E-state index is 6.46. The molecule has 0 amide bonds. The summed E-state index contributed by atoms with van der Waals surface area (Å²) in [4.78, 5) is 6.93. The molecule has 0 spiro atoms. The molecule has 0 fully saturated rings. The van der Waals surface area contributed by atoms with E-state index in [1.807, 2.05) is 126 Å². The third-order valence-corrected chi connectivity index (χ3v) is 8.43. The van der Waals surface area contributed by atoms with Crippen molar-refractivity contribution in [3.8, 4) is 45.4 Å². The summed E-state index contributed by atoms with van der Waals surface area (Å²) in [5, 5.41) is 0. The van der Waals surface area contributed by atoms with Crippen LogP contribution in [0.15, 0.2) is 188 Å². The second-order valence-corrected chi connectivity index (χ2v) is 12.1. The molecule has 0 aliphatic carbocycles. The fourth-order valence-corrected chi connectivity index (χ4v) is 6.03. The van der Waals surface area contributed by atoms with Gasteiger partial charge in [-0.15, -0.1) is 0 Å². The number of aromatic nitrogens is 1. The van der Waals surface area contributed by atoms with Gasteiger partial charge in [0.25, 0.3) is 6.20 Å². The molecule has 0 atom stereocenters. The van der Waals surface area contributed by atoms with Crippen molar-refractivity contribution in [1.82, 2.24) is 4.98 Å². The van der Waals surface area contributed by atoms with E-state index in [9.17, 15) is 0 Å². The van der Waals surface area contributed by atoms with Crippen LogP contribution in [0.1, 0.15) is 0 Å². The van der Waals surface area contributed by atoms with Gasteiger partial charge in [0.05, 0.1) is 11.8 Å². The molecule has 6 aromatic carbocycles. The first-order valence-corrected chi connectivity index (χ1v) is 16.7. The number of para-hydroxylation sites is 2. The van der Waals surface area contributed by atoms with E-state index in [1.54, 1.807) is 0 Å². The van der Waals surface area contributed by atoms with Crippen LogP contribution < -0.4 is 14.4 Å². The molecule has 1 aromatic heterocycles. The zero-order chi connectivity index (χ0) is 34.4. The van der Waals surface area contributed by atoms with Crippen LogP contribution in [-0.2, 0) is 0 Å². The van der Waals surface area contributed by atoms with Crippen LogP contribution in [0, 0.1) is 0 Å². The van der Waals surface area contributed by atoms with E-state index in [1.165, 1.54) is 0 Å². The smallest absolute Gasteiger partial charge is 0.457 e. The van der Waals surface area contributed by atoms with Crippen molar-refractivity contribution in [2.75, 3.05) is 11.9 Å². The Bertz CT molecular complexity index is 2390. The summed E-state index contributed by atoms with van der Waals surface area (Å²) in [5.74, 6) is 2.97. The predicted molar refractivity (Wildman–Crippen MR) is 203 cm³/mol. The van der Waals surface area contributed by atoms with E-state index in [2.05, 4.69) is 89.8 Å². The molecule has 0 N–H and O–H groups in total. The minimum Gasteiger partial charge on any atom is -0.457 e. The van der Waals surface area contributed by atoms with Gasteiger partial charge in [-0.3, -0.25) is 4.98 Å². The predicted octanol–water partition coefficient (Wildman–Crippen LogP) is 11.4. The number of hydrogen-bond acceptors (Lipinski definition) is 4. The summed E-state index contributed by atoms with van der Waals surface area (Å²) in [6, 6.07) is 60.3. The zero-order valence-corrected chi connectivity index (χ0v) is 28.0. The lowest BCUT2D eigenvalue weighted by Crippen LogP contribution is -2.09. The fraction of sp³-hybridized carbons (Fsp3) is 0.0222. The van der Waals surface area contributed by atoms with Crippen molar-refractivity contribution in [2.24, 2.45) is 0 Å². The molecule has 7 aromatic rings. The number of nitrogens with zero attached hydrogens (tertiary/aromatic N) is 4.